The van der Waals surface area contributed by atoms with Gasteiger partial charge in [0.05, 0.1) is 6.21 Å². The molecule has 21 heavy (non-hydrogen) atoms. The first-order valence-electron chi connectivity index (χ1n) is 7.18. The first kappa shape index (κ1) is 13.6. The van der Waals surface area contributed by atoms with Crippen LogP contribution in [0.1, 0.15) is 29.0 Å². The Kier molecular flexibility index (Phi) is 3.82. The van der Waals surface area contributed by atoms with E-state index in [1.807, 2.05) is 49.4 Å². The number of rotatable bonds is 4. The highest BCUT2D eigenvalue weighted by molar-refractivity contribution is 5.85. The summed E-state index contributed by atoms with van der Waals surface area (Å²) in [7, 11) is 0. The van der Waals surface area contributed by atoms with Crippen molar-refractivity contribution in [1.82, 2.24) is 5.43 Å². The summed E-state index contributed by atoms with van der Waals surface area (Å²) in [5.74, 6) is 0.413. The normalized spacial score (nSPS) is 20.4. The molecule has 1 fully saturated rings. The highest BCUT2D eigenvalue weighted by Crippen LogP contribution is 2.47. The summed E-state index contributed by atoms with van der Waals surface area (Å²) in [5, 5.41) is 4.04. The van der Waals surface area contributed by atoms with E-state index in [0.717, 1.165) is 12.0 Å². The third-order valence-corrected chi connectivity index (χ3v) is 3.82. The molecule has 0 spiro atoms. The molecule has 106 valence electrons. The molecule has 1 aliphatic rings. The number of hydrogen-bond donors (Lipinski definition) is 1. The molecule has 3 heteroatoms. The second kappa shape index (κ2) is 5.92. The van der Waals surface area contributed by atoms with Crippen LogP contribution in [0, 0.1) is 12.8 Å². The number of hydrogen-bond acceptors (Lipinski definition) is 2. The molecule has 0 heterocycles. The van der Waals surface area contributed by atoms with Crippen LogP contribution in [-0.4, -0.2) is 12.1 Å². The standard InChI is InChI=1S/C18H18N2O/c1-13-7-9-14(10-8-13)12-19-20-18(21)17-11-16(17)15-5-3-2-4-6-15/h2-10,12,16-17H,11H2,1H3,(H,20,21). The summed E-state index contributed by atoms with van der Waals surface area (Å²) in [5.41, 5.74) is 6.07. The lowest BCUT2D eigenvalue weighted by Gasteiger charge is -2.00. The molecule has 2 aromatic rings. The molecular weight excluding hydrogens is 260 g/mol. The van der Waals surface area contributed by atoms with Crippen molar-refractivity contribution >= 4 is 12.1 Å². The van der Waals surface area contributed by atoms with Crippen molar-refractivity contribution in [1.29, 1.82) is 0 Å². The first-order chi connectivity index (χ1) is 10.2. The molecule has 1 N–H and O–H groups in total. The maximum Gasteiger partial charge on any atom is 0.243 e. The van der Waals surface area contributed by atoms with E-state index in [4.69, 9.17) is 0 Å². The Morgan fingerprint density at radius 1 is 1.14 bits per heavy atom. The zero-order valence-electron chi connectivity index (χ0n) is 12.0. The third kappa shape index (κ3) is 3.37. The van der Waals surface area contributed by atoms with Crippen LogP contribution in [-0.2, 0) is 4.79 Å². The topological polar surface area (TPSA) is 41.5 Å². The number of amides is 1. The van der Waals surface area contributed by atoms with Crippen LogP contribution in [0.3, 0.4) is 0 Å². The maximum absolute atomic E-state index is 12.0. The minimum absolute atomic E-state index is 0.00668. The van der Waals surface area contributed by atoms with Gasteiger partial charge < -0.3 is 0 Å². The molecule has 0 aromatic heterocycles. The fourth-order valence-corrected chi connectivity index (χ4v) is 2.46. The van der Waals surface area contributed by atoms with Crippen LogP contribution < -0.4 is 5.43 Å². The Balaban J connectivity index is 1.53. The lowest BCUT2D eigenvalue weighted by atomic mass is 10.1. The van der Waals surface area contributed by atoms with Crippen molar-refractivity contribution in [2.45, 2.75) is 19.3 Å². The molecule has 1 aliphatic carbocycles. The van der Waals surface area contributed by atoms with E-state index < -0.39 is 0 Å². The second-order valence-electron chi connectivity index (χ2n) is 5.50. The fourth-order valence-electron chi connectivity index (χ4n) is 2.46. The Morgan fingerprint density at radius 2 is 1.86 bits per heavy atom. The quantitative estimate of drug-likeness (QED) is 0.677. The lowest BCUT2D eigenvalue weighted by Crippen LogP contribution is -2.20. The van der Waals surface area contributed by atoms with Gasteiger partial charge in [-0.25, -0.2) is 5.43 Å². The number of carbonyl (C=O) groups excluding carboxylic acids is 1. The molecule has 2 unspecified atom stereocenters. The van der Waals surface area contributed by atoms with E-state index in [9.17, 15) is 4.79 Å². The van der Waals surface area contributed by atoms with Gasteiger partial charge in [-0.2, -0.15) is 5.10 Å². The number of benzene rings is 2. The predicted octanol–water partition coefficient (Wildman–Crippen LogP) is 3.25. The highest BCUT2D eigenvalue weighted by Gasteiger charge is 2.43. The molecule has 2 aromatic carbocycles. The zero-order chi connectivity index (χ0) is 14.7. The SMILES string of the molecule is Cc1ccc(C=NNC(=O)C2CC2c2ccccc2)cc1. The number of hydrazone groups is 1. The smallest absolute Gasteiger partial charge is 0.243 e. The van der Waals surface area contributed by atoms with Gasteiger partial charge in [-0.1, -0.05) is 60.2 Å². The van der Waals surface area contributed by atoms with Crippen molar-refractivity contribution in [2.75, 3.05) is 0 Å². The van der Waals surface area contributed by atoms with Crippen LogP contribution in [0.5, 0.6) is 0 Å². The van der Waals surface area contributed by atoms with Gasteiger partial charge in [0, 0.05) is 5.92 Å². The first-order valence-corrected chi connectivity index (χ1v) is 7.18. The molecule has 0 bridgehead atoms. The van der Waals surface area contributed by atoms with Crippen LogP contribution in [0.2, 0.25) is 0 Å². The Morgan fingerprint density at radius 3 is 2.57 bits per heavy atom. The predicted molar refractivity (Wildman–Crippen MR) is 84.2 cm³/mol. The van der Waals surface area contributed by atoms with E-state index >= 15 is 0 Å². The zero-order valence-corrected chi connectivity index (χ0v) is 12.0. The van der Waals surface area contributed by atoms with Crippen LogP contribution in [0.25, 0.3) is 0 Å². The summed E-state index contributed by atoms with van der Waals surface area (Å²) in [6.07, 6.45) is 2.59. The molecule has 2 atom stereocenters. The lowest BCUT2D eigenvalue weighted by molar-refractivity contribution is -0.122. The number of aryl methyl sites for hydroxylation is 1. The molecule has 1 saturated carbocycles. The average molecular weight is 278 g/mol. The molecular formula is C18H18N2O. The molecule has 3 nitrogen and oxygen atoms in total. The number of nitrogens with one attached hydrogen (secondary N) is 1. The third-order valence-electron chi connectivity index (χ3n) is 3.82. The fraction of sp³-hybridized carbons (Fsp3) is 0.222. The summed E-state index contributed by atoms with van der Waals surface area (Å²) >= 11 is 0. The molecule has 0 radical (unpaired) electrons. The molecule has 3 rings (SSSR count). The van der Waals surface area contributed by atoms with Crippen LogP contribution >= 0.6 is 0 Å². The van der Waals surface area contributed by atoms with Gasteiger partial charge in [0.15, 0.2) is 0 Å². The van der Waals surface area contributed by atoms with Gasteiger partial charge in [-0.15, -0.1) is 0 Å². The minimum atomic E-state index is 0.00668. The van der Waals surface area contributed by atoms with Crippen LogP contribution in [0.15, 0.2) is 59.7 Å². The van der Waals surface area contributed by atoms with Crippen molar-refractivity contribution in [3.8, 4) is 0 Å². The van der Waals surface area contributed by atoms with Gasteiger partial charge in [0.2, 0.25) is 5.91 Å². The van der Waals surface area contributed by atoms with Crippen molar-refractivity contribution in [3.05, 3.63) is 71.3 Å². The molecule has 1 amide bonds. The summed E-state index contributed by atoms with van der Waals surface area (Å²) in [4.78, 5) is 12.0. The Labute approximate surface area is 124 Å². The monoisotopic (exact) mass is 278 g/mol. The second-order valence-corrected chi connectivity index (χ2v) is 5.50. The number of nitrogens with zero attached hydrogens (tertiary/aromatic N) is 1. The van der Waals surface area contributed by atoms with Gasteiger partial charge in [0.1, 0.15) is 0 Å². The van der Waals surface area contributed by atoms with Crippen LogP contribution in [0.4, 0.5) is 0 Å². The van der Waals surface area contributed by atoms with Crippen molar-refractivity contribution < 1.29 is 4.79 Å². The average Bonchev–Trinajstić information content (AvgIpc) is 3.31. The Hall–Kier alpha value is -2.42. The van der Waals surface area contributed by atoms with Crippen molar-refractivity contribution in [2.24, 2.45) is 11.0 Å². The van der Waals surface area contributed by atoms with E-state index in [1.165, 1.54) is 11.1 Å². The maximum atomic E-state index is 12.0. The van der Waals surface area contributed by atoms with Gasteiger partial charge >= 0.3 is 0 Å². The van der Waals surface area contributed by atoms with E-state index in [0.29, 0.717) is 5.92 Å². The van der Waals surface area contributed by atoms with Gasteiger partial charge in [-0.05, 0) is 30.4 Å². The largest absolute Gasteiger partial charge is 0.273 e. The Bertz CT molecular complexity index is 647. The van der Waals surface area contributed by atoms with E-state index in [-0.39, 0.29) is 11.8 Å². The highest BCUT2D eigenvalue weighted by atomic mass is 16.2. The summed E-state index contributed by atoms with van der Waals surface area (Å²) in [6, 6.07) is 18.2. The number of carbonyl (C=O) groups is 1. The molecule has 0 aliphatic heterocycles. The minimum Gasteiger partial charge on any atom is -0.273 e. The summed E-state index contributed by atoms with van der Waals surface area (Å²) < 4.78 is 0. The van der Waals surface area contributed by atoms with E-state index in [1.54, 1.807) is 6.21 Å². The van der Waals surface area contributed by atoms with E-state index in [2.05, 4.69) is 22.7 Å². The summed E-state index contributed by atoms with van der Waals surface area (Å²) in [6.45, 7) is 2.04. The van der Waals surface area contributed by atoms with Crippen molar-refractivity contribution in [3.63, 3.8) is 0 Å². The van der Waals surface area contributed by atoms with Gasteiger partial charge in [0.25, 0.3) is 0 Å². The van der Waals surface area contributed by atoms with Gasteiger partial charge in [-0.3, -0.25) is 4.79 Å². The molecule has 0 saturated heterocycles.